The molecule has 0 saturated carbocycles. The molecule has 0 fully saturated rings. The summed E-state index contributed by atoms with van der Waals surface area (Å²) in [7, 11) is -1.60. The van der Waals surface area contributed by atoms with Gasteiger partial charge in [0.2, 0.25) is 0 Å². The van der Waals surface area contributed by atoms with Crippen LogP contribution in [0.2, 0.25) is 0 Å². The van der Waals surface area contributed by atoms with Crippen molar-refractivity contribution in [1.29, 1.82) is 0 Å². The van der Waals surface area contributed by atoms with Crippen LogP contribution < -0.4 is 0 Å². The van der Waals surface area contributed by atoms with E-state index in [1.807, 2.05) is 0 Å². The molecular formula is C13H10N2O5S. The van der Waals surface area contributed by atoms with Crippen LogP contribution >= 0.6 is 0 Å². The van der Waals surface area contributed by atoms with Crippen LogP contribution in [-0.2, 0) is 16.6 Å². The van der Waals surface area contributed by atoms with Gasteiger partial charge in [-0.3, -0.25) is 24.4 Å². The van der Waals surface area contributed by atoms with Gasteiger partial charge in [0.15, 0.2) is 0 Å². The third kappa shape index (κ3) is 3.29. The monoisotopic (exact) mass is 306 g/mol. The molecular weight excluding hydrogens is 296 g/mol. The van der Waals surface area contributed by atoms with Gasteiger partial charge in [-0.2, -0.15) is 0 Å². The molecule has 0 heterocycles. The molecule has 1 atom stereocenters. The van der Waals surface area contributed by atoms with Crippen molar-refractivity contribution in [2.75, 3.05) is 0 Å². The fourth-order valence-electron chi connectivity index (χ4n) is 1.84. The smallest absolute Gasteiger partial charge is 0.258 e. The Morgan fingerprint density at radius 2 is 1.38 bits per heavy atom. The van der Waals surface area contributed by atoms with E-state index in [4.69, 9.17) is 0 Å². The fraction of sp³-hybridized carbons (Fsp3) is 0.0769. The van der Waals surface area contributed by atoms with Gasteiger partial charge in [0.05, 0.1) is 26.4 Å². The Labute approximate surface area is 122 Å². The number of hydrogen-bond donors (Lipinski definition) is 0. The molecule has 0 aromatic heterocycles. The molecule has 0 amide bonds. The molecule has 0 radical (unpaired) electrons. The van der Waals surface area contributed by atoms with Gasteiger partial charge in [-0.05, 0) is 18.2 Å². The summed E-state index contributed by atoms with van der Waals surface area (Å²) < 4.78 is 12.2. The van der Waals surface area contributed by atoms with Crippen molar-refractivity contribution >= 4 is 22.2 Å². The molecule has 2 aromatic rings. The van der Waals surface area contributed by atoms with Crippen LogP contribution in [0.15, 0.2) is 53.4 Å². The lowest BCUT2D eigenvalue weighted by atomic mass is 10.1. The average Bonchev–Trinajstić information content (AvgIpc) is 2.47. The summed E-state index contributed by atoms with van der Waals surface area (Å²) in [5, 5.41) is 22.0. The minimum atomic E-state index is -1.60. The average molecular weight is 306 g/mol. The number of benzene rings is 2. The quantitative estimate of drug-likeness (QED) is 0.624. The largest absolute Gasteiger partial charge is 0.280 e. The highest BCUT2D eigenvalue weighted by Crippen LogP contribution is 2.30. The summed E-state index contributed by atoms with van der Waals surface area (Å²) in [6.07, 6.45) is 0. The summed E-state index contributed by atoms with van der Waals surface area (Å²) in [6.45, 7) is 0. The van der Waals surface area contributed by atoms with E-state index in [9.17, 15) is 24.4 Å². The second-order valence-corrected chi connectivity index (χ2v) is 5.54. The van der Waals surface area contributed by atoms with Crippen LogP contribution in [-0.4, -0.2) is 14.1 Å². The summed E-state index contributed by atoms with van der Waals surface area (Å²) in [4.78, 5) is 21.1. The molecule has 0 spiro atoms. The van der Waals surface area contributed by atoms with Crippen molar-refractivity contribution in [3.63, 3.8) is 0 Å². The normalized spacial score (nSPS) is 11.8. The zero-order chi connectivity index (χ0) is 15.4. The molecule has 2 rings (SSSR count). The van der Waals surface area contributed by atoms with E-state index in [1.54, 1.807) is 30.3 Å². The molecule has 8 heteroatoms. The zero-order valence-corrected chi connectivity index (χ0v) is 11.5. The maximum atomic E-state index is 12.2. The lowest BCUT2D eigenvalue weighted by molar-refractivity contribution is -0.395. The number of nitrogens with zero attached hydrogens (tertiary/aromatic N) is 2. The van der Waals surface area contributed by atoms with Crippen LogP contribution in [0.1, 0.15) is 5.56 Å². The summed E-state index contributed by atoms with van der Waals surface area (Å²) in [6, 6.07) is 11.9. The molecule has 108 valence electrons. The zero-order valence-electron chi connectivity index (χ0n) is 10.7. The fourth-order valence-corrected chi connectivity index (χ4v) is 3.02. The summed E-state index contributed by atoms with van der Waals surface area (Å²) >= 11 is 0. The van der Waals surface area contributed by atoms with Crippen LogP contribution in [0.5, 0.6) is 0 Å². The minimum Gasteiger partial charge on any atom is -0.258 e. The summed E-state index contributed by atoms with van der Waals surface area (Å²) in [5.41, 5.74) is -0.920. The molecule has 1 unspecified atom stereocenters. The molecule has 2 aromatic carbocycles. The number of rotatable bonds is 5. The van der Waals surface area contributed by atoms with Gasteiger partial charge in [0.1, 0.15) is 5.56 Å². The SMILES string of the molecule is O=[N+]([O-])c1cccc([N+](=O)[O-])c1CS(=O)c1ccccc1. The first kappa shape index (κ1) is 14.8. The lowest BCUT2D eigenvalue weighted by Gasteiger charge is -2.04. The first-order valence-corrected chi connectivity index (χ1v) is 7.16. The highest BCUT2D eigenvalue weighted by molar-refractivity contribution is 7.84. The number of nitro benzene ring substituents is 2. The minimum absolute atomic E-state index is 0.130. The molecule has 7 nitrogen and oxygen atoms in total. The van der Waals surface area contributed by atoms with E-state index in [-0.39, 0.29) is 11.3 Å². The van der Waals surface area contributed by atoms with Crippen LogP contribution in [0.3, 0.4) is 0 Å². The third-order valence-electron chi connectivity index (χ3n) is 2.80. The molecule has 21 heavy (non-hydrogen) atoms. The molecule has 0 bridgehead atoms. The highest BCUT2D eigenvalue weighted by atomic mass is 32.2. The van der Waals surface area contributed by atoms with E-state index in [1.165, 1.54) is 18.2 Å². The molecule has 0 aliphatic carbocycles. The first-order chi connectivity index (χ1) is 10.0. The van der Waals surface area contributed by atoms with Crippen LogP contribution in [0.25, 0.3) is 0 Å². The van der Waals surface area contributed by atoms with Gasteiger partial charge in [-0.25, -0.2) is 0 Å². The Bertz CT molecular complexity index is 686. The lowest BCUT2D eigenvalue weighted by Crippen LogP contribution is -2.04. The van der Waals surface area contributed by atoms with Crippen molar-refractivity contribution in [2.24, 2.45) is 0 Å². The number of hydrogen-bond acceptors (Lipinski definition) is 5. The standard InChI is InChI=1S/C13H10N2O5S/c16-14(17)12-7-4-8-13(15(18)19)11(12)9-21(20)10-5-2-1-3-6-10/h1-8H,9H2. The Morgan fingerprint density at radius 1 is 0.857 bits per heavy atom. The van der Waals surface area contributed by atoms with E-state index in [0.29, 0.717) is 4.90 Å². The predicted molar refractivity (Wildman–Crippen MR) is 76.3 cm³/mol. The van der Waals surface area contributed by atoms with Gasteiger partial charge >= 0.3 is 0 Å². The molecule has 0 N–H and O–H groups in total. The maximum absolute atomic E-state index is 12.2. The van der Waals surface area contributed by atoms with E-state index in [0.717, 1.165) is 0 Å². The third-order valence-corrected chi connectivity index (χ3v) is 4.15. The van der Waals surface area contributed by atoms with Gasteiger partial charge < -0.3 is 0 Å². The second kappa shape index (κ2) is 6.23. The maximum Gasteiger partial charge on any atom is 0.280 e. The van der Waals surface area contributed by atoms with Crippen LogP contribution in [0, 0.1) is 20.2 Å². The van der Waals surface area contributed by atoms with E-state index in [2.05, 4.69) is 0 Å². The molecule has 0 aliphatic rings. The highest BCUT2D eigenvalue weighted by Gasteiger charge is 2.26. The van der Waals surface area contributed by atoms with Crippen molar-refractivity contribution in [1.82, 2.24) is 0 Å². The first-order valence-electron chi connectivity index (χ1n) is 5.85. The van der Waals surface area contributed by atoms with Gasteiger partial charge in [-0.15, -0.1) is 0 Å². The van der Waals surface area contributed by atoms with Crippen molar-refractivity contribution in [2.45, 2.75) is 10.6 Å². The van der Waals surface area contributed by atoms with E-state index >= 15 is 0 Å². The molecule has 0 saturated heterocycles. The topological polar surface area (TPSA) is 103 Å². The van der Waals surface area contributed by atoms with Gasteiger partial charge in [0.25, 0.3) is 11.4 Å². The Morgan fingerprint density at radius 3 is 1.86 bits per heavy atom. The van der Waals surface area contributed by atoms with Crippen molar-refractivity contribution < 1.29 is 14.1 Å². The Hall–Kier alpha value is -2.61. The Kier molecular flexibility index (Phi) is 4.39. The summed E-state index contributed by atoms with van der Waals surface area (Å²) in [5.74, 6) is -0.280. The number of nitro groups is 2. The van der Waals surface area contributed by atoms with Gasteiger partial charge in [0, 0.05) is 17.0 Å². The van der Waals surface area contributed by atoms with E-state index < -0.39 is 32.0 Å². The van der Waals surface area contributed by atoms with Crippen LogP contribution in [0.4, 0.5) is 11.4 Å². The Balaban J connectivity index is 2.45. The molecule has 0 aliphatic heterocycles. The van der Waals surface area contributed by atoms with Gasteiger partial charge in [-0.1, -0.05) is 18.2 Å². The second-order valence-electron chi connectivity index (χ2n) is 4.09. The predicted octanol–water partition coefficient (Wildman–Crippen LogP) is 2.81. The van der Waals surface area contributed by atoms with Crippen molar-refractivity contribution in [3.8, 4) is 0 Å². The van der Waals surface area contributed by atoms with Crippen molar-refractivity contribution in [3.05, 3.63) is 74.3 Å².